The van der Waals surface area contributed by atoms with Crippen molar-refractivity contribution in [2.45, 2.75) is 50.9 Å². The fourth-order valence-electron chi connectivity index (χ4n) is 3.50. The zero-order valence-electron chi connectivity index (χ0n) is 17.9. The highest BCUT2D eigenvalue weighted by Crippen LogP contribution is 2.41. The first-order valence-electron chi connectivity index (χ1n) is 9.81. The van der Waals surface area contributed by atoms with Crippen LogP contribution in [-0.2, 0) is 16.7 Å². The molecule has 0 fully saturated rings. The minimum absolute atomic E-state index is 0.0132. The summed E-state index contributed by atoms with van der Waals surface area (Å²) < 4.78 is 85.3. The molecule has 1 aromatic heterocycles. The molecule has 0 radical (unpaired) electrons. The molecule has 2 N–H and O–H groups in total. The fourth-order valence-corrected chi connectivity index (χ4v) is 3.50. The van der Waals surface area contributed by atoms with Crippen LogP contribution in [0.2, 0.25) is 0 Å². The molecular formula is C22H21F6N3O2. The molecule has 2 atom stereocenters. The topological polar surface area (TPSA) is 77.6 Å². The summed E-state index contributed by atoms with van der Waals surface area (Å²) in [7, 11) is 0. The molecule has 0 bridgehead atoms. The summed E-state index contributed by atoms with van der Waals surface area (Å²) in [6.45, 7) is 2.98. The van der Waals surface area contributed by atoms with Gasteiger partial charge in [0.05, 0.1) is 6.61 Å². The molecular weight excluding hydrogens is 452 g/mol. The Hall–Kier alpha value is -2.95. The normalized spacial score (nSPS) is 23.5. The van der Waals surface area contributed by atoms with Crippen LogP contribution in [0.5, 0.6) is 0 Å². The largest absolute Gasteiger partial charge is 0.424 e. The Bertz CT molecular complexity index is 1120. The molecule has 0 saturated carbocycles. The van der Waals surface area contributed by atoms with Crippen molar-refractivity contribution < 1.29 is 35.9 Å². The number of carbonyl (C=O) groups excluding carboxylic acids is 1. The minimum atomic E-state index is -4.82. The number of benzene rings is 1. The van der Waals surface area contributed by atoms with E-state index in [0.29, 0.717) is 5.56 Å². The number of carbonyl (C=O) groups is 1. The molecule has 0 spiro atoms. The number of aliphatic imine (C=N–C) groups is 1. The van der Waals surface area contributed by atoms with E-state index in [9.17, 15) is 31.1 Å². The number of ether oxygens (including phenoxy) is 1. The number of rotatable bonds is 5. The summed E-state index contributed by atoms with van der Waals surface area (Å²) in [6, 6.07) is 4.86. The highest BCUT2D eigenvalue weighted by Gasteiger charge is 2.59. The number of aromatic nitrogens is 1. The Labute approximate surface area is 185 Å². The summed E-state index contributed by atoms with van der Waals surface area (Å²) in [6.07, 6.45) is -6.88. The molecule has 2 heterocycles. The molecule has 33 heavy (non-hydrogen) atoms. The van der Waals surface area contributed by atoms with E-state index in [1.54, 1.807) is 0 Å². The summed E-state index contributed by atoms with van der Waals surface area (Å²) in [5, 5.41) is 0. The quantitative estimate of drug-likeness (QED) is 0.499. The maximum atomic E-state index is 14.6. The minimum Gasteiger partial charge on any atom is -0.385 e. The second kappa shape index (κ2) is 8.44. The highest BCUT2D eigenvalue weighted by molar-refractivity contribution is 5.97. The molecule has 3 rings (SSSR count). The lowest BCUT2D eigenvalue weighted by Crippen LogP contribution is -2.60. The molecule has 11 heteroatoms. The summed E-state index contributed by atoms with van der Waals surface area (Å²) >= 11 is 0. The molecule has 1 aliphatic rings. The number of nitrogens with zero attached hydrogens (tertiary/aromatic N) is 2. The van der Waals surface area contributed by atoms with Crippen LogP contribution in [0.25, 0.3) is 0 Å². The zero-order valence-corrected chi connectivity index (χ0v) is 17.9. The Morgan fingerprint density at radius 1 is 1.24 bits per heavy atom. The van der Waals surface area contributed by atoms with Crippen molar-refractivity contribution in [1.29, 1.82) is 0 Å². The van der Waals surface area contributed by atoms with Crippen LogP contribution >= 0.6 is 0 Å². The van der Waals surface area contributed by atoms with Crippen LogP contribution in [0, 0.1) is 12.7 Å². The first-order valence-corrected chi connectivity index (χ1v) is 9.81. The number of nitrogens with two attached hydrogens (primary N) is 1. The van der Waals surface area contributed by atoms with Crippen molar-refractivity contribution >= 4 is 11.6 Å². The van der Waals surface area contributed by atoms with E-state index in [1.165, 1.54) is 26.0 Å². The van der Waals surface area contributed by atoms with E-state index in [2.05, 4.69) is 9.98 Å². The van der Waals surface area contributed by atoms with Crippen molar-refractivity contribution in [3.05, 3.63) is 64.2 Å². The monoisotopic (exact) mass is 473 g/mol. The van der Waals surface area contributed by atoms with Crippen LogP contribution in [0.4, 0.5) is 26.3 Å². The number of halogens is 6. The number of hydrogen-bond acceptors (Lipinski definition) is 5. The predicted octanol–water partition coefficient (Wildman–Crippen LogP) is 4.82. The van der Waals surface area contributed by atoms with Crippen molar-refractivity contribution in [1.82, 2.24) is 4.98 Å². The van der Waals surface area contributed by atoms with Crippen LogP contribution < -0.4 is 5.73 Å². The number of pyridine rings is 1. The second-order valence-electron chi connectivity index (χ2n) is 8.24. The van der Waals surface area contributed by atoms with E-state index < -0.39 is 47.8 Å². The summed E-state index contributed by atoms with van der Waals surface area (Å²) in [5.41, 5.74) is 1.36. The van der Waals surface area contributed by atoms with E-state index in [-0.39, 0.29) is 28.8 Å². The molecule has 2 aromatic rings. The third kappa shape index (κ3) is 4.59. The zero-order chi connectivity index (χ0) is 24.8. The number of alkyl halides is 5. The summed E-state index contributed by atoms with van der Waals surface area (Å²) in [5.74, 6) is -2.10. The van der Waals surface area contributed by atoms with Gasteiger partial charge in [0.15, 0.2) is 5.78 Å². The van der Waals surface area contributed by atoms with Gasteiger partial charge in [0.2, 0.25) is 5.60 Å². The Kier molecular flexibility index (Phi) is 6.31. The van der Waals surface area contributed by atoms with Crippen LogP contribution in [-0.4, -0.2) is 35.0 Å². The van der Waals surface area contributed by atoms with Gasteiger partial charge in [0, 0.05) is 23.7 Å². The lowest BCUT2D eigenvalue weighted by molar-refractivity contribution is -0.249. The molecule has 0 amide bonds. The van der Waals surface area contributed by atoms with Crippen molar-refractivity contribution in [2.75, 3.05) is 6.61 Å². The van der Waals surface area contributed by atoms with Gasteiger partial charge < -0.3 is 10.5 Å². The first-order chi connectivity index (χ1) is 15.2. The Morgan fingerprint density at radius 3 is 2.45 bits per heavy atom. The molecule has 0 saturated heterocycles. The second-order valence-corrected chi connectivity index (χ2v) is 8.24. The van der Waals surface area contributed by atoms with Crippen molar-refractivity contribution in [3.8, 4) is 0 Å². The maximum absolute atomic E-state index is 14.6. The summed E-state index contributed by atoms with van der Waals surface area (Å²) in [4.78, 5) is 20.4. The van der Waals surface area contributed by atoms with Gasteiger partial charge in [-0.2, -0.15) is 13.2 Å². The highest BCUT2D eigenvalue weighted by atomic mass is 19.4. The molecule has 1 aromatic carbocycles. The molecule has 1 aliphatic heterocycles. The van der Waals surface area contributed by atoms with Gasteiger partial charge in [-0.1, -0.05) is 6.07 Å². The third-order valence-electron chi connectivity index (χ3n) is 5.63. The number of aryl methyl sites for hydroxylation is 1. The molecule has 178 valence electrons. The van der Waals surface area contributed by atoms with Crippen molar-refractivity contribution in [3.63, 3.8) is 0 Å². The van der Waals surface area contributed by atoms with Crippen LogP contribution in [0.15, 0.2) is 35.5 Å². The number of hydrogen-bond donors (Lipinski definition) is 1. The lowest BCUT2D eigenvalue weighted by Gasteiger charge is -2.41. The van der Waals surface area contributed by atoms with Crippen molar-refractivity contribution in [2.24, 2.45) is 10.7 Å². The van der Waals surface area contributed by atoms with Gasteiger partial charge in [0.1, 0.15) is 22.9 Å². The number of amidine groups is 1. The Morgan fingerprint density at radius 2 is 1.91 bits per heavy atom. The predicted molar refractivity (Wildman–Crippen MR) is 108 cm³/mol. The molecule has 0 aliphatic carbocycles. The van der Waals surface area contributed by atoms with E-state index in [4.69, 9.17) is 10.5 Å². The van der Waals surface area contributed by atoms with Gasteiger partial charge >= 0.3 is 6.18 Å². The molecule has 0 unspecified atom stereocenters. The first kappa shape index (κ1) is 24.7. The third-order valence-corrected chi connectivity index (χ3v) is 5.63. The number of Topliss-reactive ketones (excluding diaryl/α,β-unsaturated/α-hetero) is 1. The fraction of sp³-hybridized carbons (Fsp3) is 0.409. The lowest BCUT2D eigenvalue weighted by atomic mass is 9.88. The SMILES string of the molecule is Cc1cc(C(F)F)cnc1C(=O)Cc1ccc(F)c([C@]2(C)CO[C@@](C)(C(F)(F)F)C(N)=N2)c1. The van der Waals surface area contributed by atoms with Gasteiger partial charge in [0.25, 0.3) is 6.43 Å². The standard InChI is InChI=1S/C22H21F6N3O2/c1-11-6-13(18(24)25)9-30-17(11)16(32)8-12-4-5-15(23)14(7-12)20(2)10-33-21(3,19(29)31-20)22(26,27)28/h4-7,9,18H,8,10H2,1-3H3,(H2,29,31)/t20-,21+/m0/s1. The van der Waals surface area contributed by atoms with Gasteiger partial charge in [-0.15, -0.1) is 0 Å². The number of ketones is 1. The van der Waals surface area contributed by atoms with E-state index in [1.807, 2.05) is 0 Å². The van der Waals surface area contributed by atoms with Crippen LogP contribution in [0.1, 0.15) is 53.0 Å². The van der Waals surface area contributed by atoms with Crippen LogP contribution in [0.3, 0.4) is 0 Å². The van der Waals surface area contributed by atoms with E-state index in [0.717, 1.165) is 25.3 Å². The van der Waals surface area contributed by atoms with E-state index >= 15 is 0 Å². The van der Waals surface area contributed by atoms with Gasteiger partial charge in [-0.05, 0) is 50.1 Å². The average Bonchev–Trinajstić information content (AvgIpc) is 2.71. The molecule has 5 nitrogen and oxygen atoms in total. The average molecular weight is 473 g/mol. The Balaban J connectivity index is 1.91. The van der Waals surface area contributed by atoms with Gasteiger partial charge in [-0.25, -0.2) is 13.2 Å². The van der Waals surface area contributed by atoms with Gasteiger partial charge in [-0.3, -0.25) is 14.8 Å². The smallest absolute Gasteiger partial charge is 0.385 e. The maximum Gasteiger partial charge on any atom is 0.424 e.